The first-order valence-corrected chi connectivity index (χ1v) is 8.63. The van der Waals surface area contributed by atoms with Crippen LogP contribution in [0.1, 0.15) is 50.5 Å². The second kappa shape index (κ2) is 5.49. The van der Waals surface area contributed by atoms with E-state index in [9.17, 15) is 0 Å². The monoisotopic (exact) mass is 275 g/mol. The van der Waals surface area contributed by atoms with Crippen LogP contribution in [-0.2, 0) is 0 Å². The van der Waals surface area contributed by atoms with Crippen LogP contribution in [0.4, 0.5) is 0 Å². The molecule has 0 bridgehead atoms. The van der Waals surface area contributed by atoms with Gasteiger partial charge < -0.3 is 5.73 Å². The fraction of sp³-hybridized carbons (Fsp3) is 0.647. The summed E-state index contributed by atoms with van der Waals surface area (Å²) in [4.78, 5) is 1.50. The number of hydrogen-bond acceptors (Lipinski definition) is 2. The minimum Gasteiger partial charge on any atom is -0.330 e. The van der Waals surface area contributed by atoms with Crippen molar-refractivity contribution in [2.75, 3.05) is 12.3 Å². The number of nitrogens with two attached hydrogens (primary N) is 1. The van der Waals surface area contributed by atoms with E-state index in [2.05, 4.69) is 31.2 Å². The lowest BCUT2D eigenvalue weighted by atomic mass is 9.65. The Morgan fingerprint density at radius 1 is 1.37 bits per heavy atom. The Bertz CT molecular complexity index is 445. The predicted molar refractivity (Wildman–Crippen MR) is 83.6 cm³/mol. The zero-order valence-corrected chi connectivity index (χ0v) is 12.7. The van der Waals surface area contributed by atoms with Gasteiger partial charge in [0.05, 0.1) is 0 Å². The van der Waals surface area contributed by atoms with E-state index in [4.69, 9.17) is 5.73 Å². The molecule has 3 atom stereocenters. The summed E-state index contributed by atoms with van der Waals surface area (Å²) in [5.41, 5.74) is 8.19. The zero-order chi connectivity index (χ0) is 13.3. The van der Waals surface area contributed by atoms with Gasteiger partial charge in [-0.3, -0.25) is 0 Å². The van der Waals surface area contributed by atoms with Crippen LogP contribution in [-0.4, -0.2) is 12.3 Å². The quantitative estimate of drug-likeness (QED) is 0.883. The first kappa shape index (κ1) is 13.5. The fourth-order valence-electron chi connectivity index (χ4n) is 4.14. The Morgan fingerprint density at radius 3 is 3.00 bits per heavy atom. The van der Waals surface area contributed by atoms with Gasteiger partial charge in [0.25, 0.3) is 0 Å². The lowest BCUT2D eigenvalue weighted by Crippen LogP contribution is -2.36. The van der Waals surface area contributed by atoms with Crippen molar-refractivity contribution in [1.29, 1.82) is 0 Å². The second-order valence-corrected chi connectivity index (χ2v) is 7.72. The topological polar surface area (TPSA) is 26.0 Å². The first-order chi connectivity index (χ1) is 9.22. The van der Waals surface area contributed by atoms with Crippen molar-refractivity contribution in [3.05, 3.63) is 29.8 Å². The highest BCUT2D eigenvalue weighted by atomic mass is 32.2. The number of rotatable bonds is 3. The molecule has 1 aromatic rings. The van der Waals surface area contributed by atoms with Gasteiger partial charge in [-0.05, 0) is 54.7 Å². The lowest BCUT2D eigenvalue weighted by Gasteiger charge is -2.41. The third kappa shape index (κ3) is 2.71. The molecule has 3 rings (SSSR count). The van der Waals surface area contributed by atoms with Gasteiger partial charge in [-0.2, -0.15) is 0 Å². The van der Waals surface area contributed by atoms with Crippen LogP contribution in [0.3, 0.4) is 0 Å². The lowest BCUT2D eigenvalue weighted by molar-refractivity contribution is 0.134. The minimum absolute atomic E-state index is 0.417. The van der Waals surface area contributed by atoms with Crippen LogP contribution in [0.2, 0.25) is 0 Å². The van der Waals surface area contributed by atoms with Crippen LogP contribution in [0, 0.1) is 11.3 Å². The van der Waals surface area contributed by atoms with Gasteiger partial charge in [0, 0.05) is 10.6 Å². The van der Waals surface area contributed by atoms with Gasteiger partial charge >= 0.3 is 0 Å². The summed E-state index contributed by atoms with van der Waals surface area (Å²) < 4.78 is 0. The molecule has 1 aliphatic heterocycles. The molecular weight excluding hydrogens is 250 g/mol. The van der Waals surface area contributed by atoms with Crippen molar-refractivity contribution in [2.24, 2.45) is 17.1 Å². The van der Waals surface area contributed by atoms with E-state index in [1.807, 2.05) is 11.8 Å². The molecule has 2 aliphatic rings. The number of hydrogen-bond donors (Lipinski definition) is 1. The molecule has 2 N–H and O–H groups in total. The summed E-state index contributed by atoms with van der Waals surface area (Å²) >= 11 is 2.03. The van der Waals surface area contributed by atoms with E-state index in [1.165, 1.54) is 42.8 Å². The Kier molecular flexibility index (Phi) is 3.91. The zero-order valence-electron chi connectivity index (χ0n) is 11.9. The molecule has 0 radical (unpaired) electrons. The fourth-order valence-corrected chi connectivity index (χ4v) is 5.40. The number of benzene rings is 1. The Balaban J connectivity index is 1.77. The minimum atomic E-state index is 0.417. The van der Waals surface area contributed by atoms with E-state index in [0.717, 1.165) is 18.4 Å². The van der Waals surface area contributed by atoms with E-state index in [-0.39, 0.29) is 0 Å². The highest BCUT2D eigenvalue weighted by molar-refractivity contribution is 7.99. The van der Waals surface area contributed by atoms with Crippen LogP contribution in [0.25, 0.3) is 0 Å². The summed E-state index contributed by atoms with van der Waals surface area (Å²) in [6, 6.07) is 8.96. The highest BCUT2D eigenvalue weighted by Gasteiger charge is 2.37. The van der Waals surface area contributed by atoms with Gasteiger partial charge in [0.2, 0.25) is 0 Å². The normalized spacial score (nSPS) is 34.2. The Morgan fingerprint density at radius 2 is 2.21 bits per heavy atom. The van der Waals surface area contributed by atoms with Crippen LogP contribution >= 0.6 is 11.8 Å². The van der Waals surface area contributed by atoms with Crippen molar-refractivity contribution in [3.8, 4) is 0 Å². The summed E-state index contributed by atoms with van der Waals surface area (Å²) in [6.45, 7) is 3.28. The van der Waals surface area contributed by atoms with E-state index >= 15 is 0 Å². The molecule has 0 aromatic heterocycles. The van der Waals surface area contributed by atoms with Crippen LogP contribution in [0.5, 0.6) is 0 Å². The molecule has 1 aliphatic carbocycles. The Hall–Kier alpha value is -0.470. The van der Waals surface area contributed by atoms with E-state index < -0.39 is 0 Å². The average Bonchev–Trinajstić information content (AvgIpc) is 2.82. The summed E-state index contributed by atoms with van der Waals surface area (Å²) in [5, 5.41) is 0. The van der Waals surface area contributed by atoms with Gasteiger partial charge in [-0.1, -0.05) is 38.0 Å². The van der Waals surface area contributed by atoms with Crippen LogP contribution < -0.4 is 5.73 Å². The maximum Gasteiger partial charge on any atom is 0.0107 e. The number of fused-ring (bicyclic) bond motifs is 1. The third-order valence-corrected chi connectivity index (χ3v) is 6.35. The molecular formula is C17H25NS. The van der Waals surface area contributed by atoms with Crippen molar-refractivity contribution < 1.29 is 0 Å². The maximum absolute atomic E-state index is 6.19. The SMILES string of the molecule is CC1CCCC(CN)(CC2CSc3ccccc32)C1. The molecule has 104 valence electrons. The van der Waals surface area contributed by atoms with Gasteiger partial charge in [-0.25, -0.2) is 0 Å². The molecule has 1 heterocycles. The van der Waals surface area contributed by atoms with E-state index in [1.54, 1.807) is 5.56 Å². The van der Waals surface area contributed by atoms with Crippen molar-refractivity contribution in [2.45, 2.75) is 49.8 Å². The van der Waals surface area contributed by atoms with Gasteiger partial charge in [0.15, 0.2) is 0 Å². The molecule has 0 amide bonds. The summed E-state index contributed by atoms with van der Waals surface area (Å²) in [7, 11) is 0. The van der Waals surface area contributed by atoms with Gasteiger partial charge in [0.1, 0.15) is 0 Å². The molecule has 19 heavy (non-hydrogen) atoms. The molecule has 3 unspecified atom stereocenters. The third-order valence-electron chi connectivity index (χ3n) is 5.10. The van der Waals surface area contributed by atoms with Crippen molar-refractivity contribution >= 4 is 11.8 Å². The predicted octanol–water partition coefficient (Wildman–Crippen LogP) is 4.42. The molecule has 1 saturated carbocycles. The molecule has 0 spiro atoms. The molecule has 1 aromatic carbocycles. The first-order valence-electron chi connectivity index (χ1n) is 7.64. The van der Waals surface area contributed by atoms with Crippen molar-refractivity contribution in [1.82, 2.24) is 0 Å². The van der Waals surface area contributed by atoms with Gasteiger partial charge in [-0.15, -0.1) is 11.8 Å². The summed E-state index contributed by atoms with van der Waals surface area (Å²) in [5.74, 6) is 2.85. The Labute approximate surface area is 121 Å². The molecule has 0 saturated heterocycles. The van der Waals surface area contributed by atoms with Crippen molar-refractivity contribution in [3.63, 3.8) is 0 Å². The maximum atomic E-state index is 6.19. The second-order valence-electron chi connectivity index (χ2n) is 6.66. The highest BCUT2D eigenvalue weighted by Crippen LogP contribution is 2.49. The molecule has 1 fully saturated rings. The standard InChI is InChI=1S/C17H25NS/c1-13-5-4-8-17(9-13,12-18)10-14-11-19-16-7-3-2-6-15(14)16/h2-3,6-7,13-14H,4-5,8-12,18H2,1H3. The summed E-state index contributed by atoms with van der Waals surface area (Å²) in [6.07, 6.45) is 6.76. The number of thioether (sulfide) groups is 1. The average molecular weight is 275 g/mol. The largest absolute Gasteiger partial charge is 0.330 e. The van der Waals surface area contributed by atoms with E-state index in [0.29, 0.717) is 5.41 Å². The smallest absolute Gasteiger partial charge is 0.0107 e. The molecule has 1 nitrogen and oxygen atoms in total. The van der Waals surface area contributed by atoms with Crippen LogP contribution in [0.15, 0.2) is 29.2 Å². The molecule has 2 heteroatoms.